The van der Waals surface area contributed by atoms with Crippen molar-refractivity contribution in [2.45, 2.75) is 219 Å². The highest BCUT2D eigenvalue weighted by molar-refractivity contribution is 5.70. The first-order chi connectivity index (χ1) is 38.6. The monoisotopic (exact) mass is 1090 g/mol. The van der Waals surface area contributed by atoms with Gasteiger partial charge >= 0.3 is 11.9 Å². The second-order valence-electron chi connectivity index (χ2n) is 20.9. The van der Waals surface area contributed by atoms with Crippen molar-refractivity contribution < 1.29 is 42.9 Å². The first-order valence-electron chi connectivity index (χ1n) is 30.6. The molecule has 0 bridgehead atoms. The number of aliphatic carboxylic acids is 1. The molecule has 0 amide bonds. The Morgan fingerprint density at radius 3 is 1.04 bits per heavy atom. The molecule has 0 aromatic heterocycles. The topological polar surface area (TPSA) is 111 Å². The van der Waals surface area contributed by atoms with Crippen LogP contribution in [0.1, 0.15) is 206 Å². The Balaban J connectivity index is 4.35. The van der Waals surface area contributed by atoms with Crippen LogP contribution < -0.4 is 5.11 Å². The number of allylic oxidation sites excluding steroid dienone is 26. The lowest BCUT2D eigenvalue weighted by molar-refractivity contribution is -0.870. The lowest BCUT2D eigenvalue weighted by Crippen LogP contribution is -2.44. The number of carboxylic acids is 1. The van der Waals surface area contributed by atoms with Gasteiger partial charge in [0, 0.05) is 12.8 Å². The Morgan fingerprint density at radius 2 is 0.684 bits per heavy atom. The fourth-order valence-corrected chi connectivity index (χ4v) is 7.64. The van der Waals surface area contributed by atoms with Crippen LogP contribution in [0.5, 0.6) is 0 Å². The van der Waals surface area contributed by atoms with E-state index in [-0.39, 0.29) is 38.6 Å². The summed E-state index contributed by atoms with van der Waals surface area (Å²) >= 11 is 0. The van der Waals surface area contributed by atoms with E-state index in [0.717, 1.165) is 128 Å². The number of quaternary nitrogens is 1. The first-order valence-corrected chi connectivity index (χ1v) is 30.6. The Hall–Kier alpha value is -5.09. The molecule has 0 radical (unpaired) electrons. The number of carbonyl (C=O) groups is 3. The molecule has 0 aliphatic carbocycles. The SMILES string of the molecule is CC/C=C\C/C=C\C/C=C\C/C=C\C/C=C\C/C=C\C/C=C\C/C=C\CCCCC(=O)OC(COC(=O)CCCCCCCCCCCCC/C=C\C/C=C\C/C=C\C/C=C\C/C=C\CC)COC(OCC[N+](C)(C)C)C(=O)[O-]. The molecule has 0 aromatic rings. The Labute approximate surface area is 483 Å². The van der Waals surface area contributed by atoms with Gasteiger partial charge in [0.05, 0.1) is 40.3 Å². The smallest absolute Gasteiger partial charge is 0.306 e. The van der Waals surface area contributed by atoms with Crippen LogP contribution >= 0.6 is 0 Å². The summed E-state index contributed by atoms with van der Waals surface area (Å²) in [6.45, 7) is 4.44. The number of rotatable bonds is 54. The molecule has 2 atom stereocenters. The maximum atomic E-state index is 12.9. The highest BCUT2D eigenvalue weighted by Gasteiger charge is 2.22. The van der Waals surface area contributed by atoms with Crippen molar-refractivity contribution in [3.63, 3.8) is 0 Å². The molecule has 0 N–H and O–H groups in total. The number of likely N-dealkylation sites (N-methyl/N-ethyl adjacent to an activating group) is 1. The second-order valence-corrected chi connectivity index (χ2v) is 20.9. The van der Waals surface area contributed by atoms with E-state index in [2.05, 4.69) is 172 Å². The van der Waals surface area contributed by atoms with E-state index in [9.17, 15) is 19.5 Å². The van der Waals surface area contributed by atoms with Gasteiger partial charge in [-0.1, -0.05) is 230 Å². The molecule has 0 heterocycles. The molecule has 79 heavy (non-hydrogen) atoms. The summed E-state index contributed by atoms with van der Waals surface area (Å²) in [4.78, 5) is 37.4. The fraction of sp³-hybridized carbons (Fsp3) is 0.586. The van der Waals surface area contributed by atoms with Gasteiger partial charge in [-0.25, -0.2) is 0 Å². The van der Waals surface area contributed by atoms with Crippen molar-refractivity contribution in [2.24, 2.45) is 0 Å². The molecule has 9 nitrogen and oxygen atoms in total. The lowest BCUT2D eigenvalue weighted by Gasteiger charge is -2.26. The molecular formula is C70H111NO8. The van der Waals surface area contributed by atoms with Crippen LogP contribution in [0.2, 0.25) is 0 Å². The number of hydrogen-bond acceptors (Lipinski definition) is 8. The zero-order valence-electron chi connectivity index (χ0n) is 50.4. The van der Waals surface area contributed by atoms with Crippen LogP contribution in [0.4, 0.5) is 0 Å². The van der Waals surface area contributed by atoms with Crippen molar-refractivity contribution in [1.82, 2.24) is 0 Å². The maximum Gasteiger partial charge on any atom is 0.306 e. The van der Waals surface area contributed by atoms with Crippen molar-refractivity contribution in [3.05, 3.63) is 158 Å². The van der Waals surface area contributed by atoms with E-state index in [0.29, 0.717) is 17.4 Å². The number of carboxylic acid groups (broad SMARTS) is 1. The third-order valence-electron chi connectivity index (χ3n) is 12.3. The van der Waals surface area contributed by atoms with E-state index in [1.54, 1.807) is 0 Å². The number of nitrogens with zero attached hydrogens (tertiary/aromatic N) is 1. The quantitative estimate of drug-likeness (QED) is 0.0195. The van der Waals surface area contributed by atoms with Gasteiger partial charge in [-0.2, -0.15) is 0 Å². The van der Waals surface area contributed by atoms with Gasteiger partial charge in [0.2, 0.25) is 0 Å². The number of ether oxygens (including phenoxy) is 4. The highest BCUT2D eigenvalue weighted by Crippen LogP contribution is 2.14. The van der Waals surface area contributed by atoms with Gasteiger partial charge in [0.25, 0.3) is 0 Å². The van der Waals surface area contributed by atoms with Gasteiger partial charge in [-0.05, 0) is 122 Å². The number of esters is 2. The molecule has 0 spiro atoms. The molecule has 9 heteroatoms. The number of unbranched alkanes of at least 4 members (excludes halogenated alkanes) is 13. The normalized spacial score (nSPS) is 13.9. The molecule has 0 saturated heterocycles. The number of hydrogen-bond donors (Lipinski definition) is 0. The summed E-state index contributed by atoms with van der Waals surface area (Å²) in [6.07, 6.45) is 84.4. The summed E-state index contributed by atoms with van der Waals surface area (Å²) in [5, 5.41) is 11.8. The summed E-state index contributed by atoms with van der Waals surface area (Å²) in [5.41, 5.74) is 0. The average Bonchev–Trinajstić information content (AvgIpc) is 3.42. The molecule has 0 aliphatic heterocycles. The molecule has 0 fully saturated rings. The van der Waals surface area contributed by atoms with Crippen molar-refractivity contribution in [2.75, 3.05) is 47.5 Å². The minimum Gasteiger partial charge on any atom is -0.545 e. The molecule has 0 aromatic carbocycles. The summed E-state index contributed by atoms with van der Waals surface area (Å²) in [7, 11) is 5.89. The lowest BCUT2D eigenvalue weighted by atomic mass is 10.0. The van der Waals surface area contributed by atoms with Crippen LogP contribution in [0, 0.1) is 0 Å². The molecule has 0 aliphatic rings. The molecule has 0 saturated carbocycles. The fourth-order valence-electron chi connectivity index (χ4n) is 7.64. The Kier molecular flexibility index (Phi) is 55.2. The van der Waals surface area contributed by atoms with Gasteiger partial charge in [0.1, 0.15) is 13.2 Å². The van der Waals surface area contributed by atoms with Gasteiger partial charge in [-0.3, -0.25) is 9.59 Å². The summed E-state index contributed by atoms with van der Waals surface area (Å²) in [5.74, 6) is -2.37. The van der Waals surface area contributed by atoms with E-state index in [1.165, 1.54) is 44.9 Å². The molecule has 444 valence electrons. The van der Waals surface area contributed by atoms with Crippen LogP contribution in [-0.4, -0.2) is 82.3 Å². The van der Waals surface area contributed by atoms with Crippen LogP contribution in [-0.2, 0) is 33.3 Å². The Morgan fingerprint density at radius 1 is 0.380 bits per heavy atom. The van der Waals surface area contributed by atoms with E-state index < -0.39 is 24.3 Å². The molecule has 2 unspecified atom stereocenters. The van der Waals surface area contributed by atoms with Gasteiger partial charge in [0.15, 0.2) is 12.4 Å². The zero-order chi connectivity index (χ0) is 57.6. The minimum absolute atomic E-state index is 0.129. The first kappa shape index (κ1) is 73.9. The van der Waals surface area contributed by atoms with Gasteiger partial charge < -0.3 is 33.3 Å². The average molecular weight is 1090 g/mol. The van der Waals surface area contributed by atoms with Crippen LogP contribution in [0.15, 0.2) is 158 Å². The van der Waals surface area contributed by atoms with Crippen LogP contribution in [0.3, 0.4) is 0 Å². The van der Waals surface area contributed by atoms with E-state index >= 15 is 0 Å². The predicted molar refractivity (Wildman–Crippen MR) is 333 cm³/mol. The standard InChI is InChI=1S/C70H111NO8/c1-6-8-10-12-14-16-18-20-22-24-26-28-30-32-34-36-38-40-42-44-46-48-50-52-54-56-58-60-67(72)77-64-66(65-78-70(69(74)75)76-63-62-71(3,4)5)79-68(73)61-59-57-55-53-51-49-47-45-43-41-39-37-35-33-31-29-27-25-23-21-19-17-15-13-11-9-7-2/h8-11,14-17,20-23,26-29,32-35,39,41,45,47,51,53,66,70H,6-7,12-13,18-19,24-25,30-31,36-38,40,42-44,46,48-50,52,54-65H2,1-5H3/b10-8-,11-9-,16-14-,17-15-,22-20-,23-21-,28-26-,29-27-,34-32-,35-33-,41-39-,47-45-,53-51-. The van der Waals surface area contributed by atoms with Crippen molar-refractivity contribution >= 4 is 17.9 Å². The molecule has 0 rings (SSSR count). The maximum absolute atomic E-state index is 12.9. The minimum atomic E-state index is -1.65. The van der Waals surface area contributed by atoms with Crippen LogP contribution in [0.25, 0.3) is 0 Å². The summed E-state index contributed by atoms with van der Waals surface area (Å²) < 4.78 is 22.7. The Bertz CT molecular complexity index is 1850. The zero-order valence-corrected chi connectivity index (χ0v) is 50.4. The van der Waals surface area contributed by atoms with Gasteiger partial charge in [-0.15, -0.1) is 0 Å². The predicted octanol–water partition coefficient (Wildman–Crippen LogP) is 17.2. The third-order valence-corrected chi connectivity index (χ3v) is 12.3. The third kappa shape index (κ3) is 60.4. The van der Waals surface area contributed by atoms with Crippen molar-refractivity contribution in [3.8, 4) is 0 Å². The summed E-state index contributed by atoms with van der Waals surface area (Å²) in [6, 6.07) is 0. The highest BCUT2D eigenvalue weighted by atomic mass is 16.7. The number of carbonyl (C=O) groups excluding carboxylic acids is 3. The van der Waals surface area contributed by atoms with E-state index in [4.69, 9.17) is 18.9 Å². The van der Waals surface area contributed by atoms with Crippen molar-refractivity contribution in [1.29, 1.82) is 0 Å². The molecular weight excluding hydrogens is 983 g/mol. The largest absolute Gasteiger partial charge is 0.545 e. The van der Waals surface area contributed by atoms with E-state index in [1.807, 2.05) is 21.1 Å². The second kappa shape index (κ2) is 59.0.